The number of thiophene rings is 1. The molecule has 0 N–H and O–H groups in total. The first-order chi connectivity index (χ1) is 21.3. The third kappa shape index (κ3) is 3.17. The highest BCUT2D eigenvalue weighted by atomic mass is 32.1. The van der Waals surface area contributed by atoms with Gasteiger partial charge in [0.05, 0.1) is 44.6 Å². The van der Waals surface area contributed by atoms with Crippen LogP contribution >= 0.6 is 11.3 Å². The molecule has 3 aromatic heterocycles. The van der Waals surface area contributed by atoms with Crippen molar-refractivity contribution in [1.29, 1.82) is 10.5 Å². The number of benzene rings is 6. The molecule has 0 radical (unpaired) electrons. The first-order valence-electron chi connectivity index (χ1n) is 14.1. The maximum atomic E-state index is 10.4. The zero-order valence-corrected chi connectivity index (χ0v) is 23.6. The van der Waals surface area contributed by atoms with Gasteiger partial charge < -0.3 is 9.13 Å². The second-order valence-corrected chi connectivity index (χ2v) is 11.8. The van der Waals surface area contributed by atoms with E-state index < -0.39 is 0 Å². The van der Waals surface area contributed by atoms with Crippen LogP contribution in [0.5, 0.6) is 0 Å². The first-order valence-corrected chi connectivity index (χ1v) is 14.9. The average Bonchev–Trinajstić information content (AvgIpc) is 3.72. The Bertz CT molecular complexity index is 2650. The third-order valence-electron chi connectivity index (χ3n) is 8.60. The topological polar surface area (TPSA) is 57.4 Å². The fourth-order valence-corrected chi connectivity index (χ4v) is 8.06. The molecule has 5 heteroatoms. The smallest absolute Gasteiger partial charge is 0.101 e. The van der Waals surface area contributed by atoms with E-state index in [0.29, 0.717) is 11.1 Å². The summed E-state index contributed by atoms with van der Waals surface area (Å²) in [6, 6.07) is 46.5. The zero-order chi connectivity index (χ0) is 28.7. The lowest BCUT2D eigenvalue weighted by Crippen LogP contribution is -2.04. The fourth-order valence-electron chi connectivity index (χ4n) is 6.80. The molecule has 0 saturated carbocycles. The van der Waals surface area contributed by atoms with E-state index in [0.717, 1.165) is 49.6 Å². The SMILES string of the molecule is N#Cc1cc(C#N)c(-n2c3ccccc3c3c4sc5ccccc5c4ccc32)cc1-n1c2ccccc2c2ccccc21. The number of aromatic nitrogens is 2. The average molecular weight is 565 g/mol. The molecule has 43 heavy (non-hydrogen) atoms. The van der Waals surface area contributed by atoms with Gasteiger partial charge in [-0.1, -0.05) is 78.9 Å². The predicted molar refractivity (Wildman–Crippen MR) is 177 cm³/mol. The number of nitriles is 2. The van der Waals surface area contributed by atoms with Gasteiger partial charge in [-0.05, 0) is 42.5 Å². The normalized spacial score (nSPS) is 11.7. The van der Waals surface area contributed by atoms with Gasteiger partial charge in [-0.25, -0.2) is 0 Å². The molecule has 0 spiro atoms. The highest BCUT2D eigenvalue weighted by Gasteiger charge is 2.22. The van der Waals surface area contributed by atoms with Crippen LogP contribution in [-0.2, 0) is 0 Å². The second kappa shape index (κ2) is 8.81. The highest BCUT2D eigenvalue weighted by Crippen LogP contribution is 2.44. The molecule has 6 aromatic carbocycles. The van der Waals surface area contributed by atoms with Gasteiger partial charge >= 0.3 is 0 Å². The fraction of sp³-hybridized carbons (Fsp3) is 0. The van der Waals surface area contributed by atoms with Crippen molar-refractivity contribution in [2.45, 2.75) is 0 Å². The van der Waals surface area contributed by atoms with Gasteiger partial charge in [0.2, 0.25) is 0 Å². The van der Waals surface area contributed by atoms with Gasteiger partial charge in [0.25, 0.3) is 0 Å². The van der Waals surface area contributed by atoms with Crippen LogP contribution in [0.15, 0.2) is 121 Å². The summed E-state index contributed by atoms with van der Waals surface area (Å²) in [5, 5.41) is 27.9. The van der Waals surface area contributed by atoms with E-state index in [9.17, 15) is 10.5 Å². The second-order valence-electron chi connectivity index (χ2n) is 10.8. The molecule has 0 bridgehead atoms. The predicted octanol–water partition coefficient (Wildman–Crippen LogP) is 9.99. The van der Waals surface area contributed by atoms with Crippen molar-refractivity contribution in [3.05, 3.63) is 132 Å². The number of nitrogens with zero attached hydrogens (tertiary/aromatic N) is 4. The number of hydrogen-bond acceptors (Lipinski definition) is 3. The number of para-hydroxylation sites is 3. The maximum Gasteiger partial charge on any atom is 0.101 e. The standard InChI is InChI=1S/C38H20N4S/c39-21-23-19-24(22-40)35(20-34(23)41-30-13-5-1-9-25(30)26-10-2-6-14-31(26)41)42-32-15-7-3-12-29(32)37-33(42)18-17-28-27-11-4-8-16-36(27)43-38(28)37/h1-20H. The first kappa shape index (κ1) is 23.8. The molecule has 0 atom stereocenters. The van der Waals surface area contributed by atoms with Crippen molar-refractivity contribution >= 4 is 75.1 Å². The van der Waals surface area contributed by atoms with Crippen molar-refractivity contribution in [2.75, 3.05) is 0 Å². The minimum absolute atomic E-state index is 0.458. The molecule has 0 fully saturated rings. The van der Waals surface area contributed by atoms with Crippen LogP contribution < -0.4 is 0 Å². The third-order valence-corrected chi connectivity index (χ3v) is 9.80. The molecular formula is C38H20N4S. The maximum absolute atomic E-state index is 10.4. The zero-order valence-electron chi connectivity index (χ0n) is 22.7. The van der Waals surface area contributed by atoms with E-state index >= 15 is 0 Å². The Morgan fingerprint density at radius 3 is 1.60 bits per heavy atom. The molecule has 0 aliphatic rings. The van der Waals surface area contributed by atoms with Gasteiger partial charge in [-0.2, -0.15) is 10.5 Å². The largest absolute Gasteiger partial charge is 0.308 e. The summed E-state index contributed by atoms with van der Waals surface area (Å²) in [5.41, 5.74) is 6.52. The van der Waals surface area contributed by atoms with Gasteiger partial charge in [0, 0.05) is 41.7 Å². The lowest BCUT2D eigenvalue weighted by molar-refractivity contribution is 1.12. The molecule has 0 aliphatic heterocycles. The molecule has 9 aromatic rings. The Balaban J connectivity index is 1.44. The van der Waals surface area contributed by atoms with Crippen LogP contribution in [0.1, 0.15) is 11.1 Å². The van der Waals surface area contributed by atoms with Crippen molar-refractivity contribution < 1.29 is 0 Å². The molecule has 198 valence electrons. The lowest BCUT2D eigenvalue weighted by atomic mass is 10.1. The monoisotopic (exact) mass is 564 g/mol. The molecular weight excluding hydrogens is 545 g/mol. The summed E-state index contributed by atoms with van der Waals surface area (Å²) in [4.78, 5) is 0. The minimum atomic E-state index is 0.458. The van der Waals surface area contributed by atoms with Gasteiger partial charge in [-0.3, -0.25) is 0 Å². The van der Waals surface area contributed by atoms with E-state index in [1.165, 1.54) is 25.6 Å². The number of rotatable bonds is 2. The van der Waals surface area contributed by atoms with Crippen LogP contribution in [0.3, 0.4) is 0 Å². The lowest BCUT2D eigenvalue weighted by Gasteiger charge is -2.16. The van der Waals surface area contributed by atoms with Gasteiger partial charge in [0.15, 0.2) is 0 Å². The van der Waals surface area contributed by atoms with E-state index in [2.05, 4.69) is 100 Å². The van der Waals surface area contributed by atoms with Crippen molar-refractivity contribution in [3.63, 3.8) is 0 Å². The van der Waals surface area contributed by atoms with E-state index in [1.54, 1.807) is 6.07 Å². The number of fused-ring (bicyclic) bond motifs is 10. The summed E-state index contributed by atoms with van der Waals surface area (Å²) in [7, 11) is 0. The molecule has 4 nitrogen and oxygen atoms in total. The van der Waals surface area contributed by atoms with Crippen LogP contribution in [0.4, 0.5) is 0 Å². The van der Waals surface area contributed by atoms with Crippen LogP contribution in [0, 0.1) is 22.7 Å². The minimum Gasteiger partial charge on any atom is -0.308 e. The molecule has 0 unspecified atom stereocenters. The molecule has 9 rings (SSSR count). The Kier molecular flexibility index (Phi) is 4.87. The summed E-state index contributed by atoms with van der Waals surface area (Å²) < 4.78 is 6.85. The van der Waals surface area contributed by atoms with E-state index in [4.69, 9.17) is 0 Å². The highest BCUT2D eigenvalue weighted by molar-refractivity contribution is 7.26. The van der Waals surface area contributed by atoms with Crippen LogP contribution in [-0.4, -0.2) is 9.13 Å². The van der Waals surface area contributed by atoms with E-state index in [1.807, 2.05) is 47.7 Å². The summed E-state index contributed by atoms with van der Waals surface area (Å²) in [6.45, 7) is 0. The Morgan fingerprint density at radius 2 is 0.977 bits per heavy atom. The van der Waals surface area contributed by atoms with Crippen molar-refractivity contribution in [1.82, 2.24) is 9.13 Å². The molecule has 0 amide bonds. The molecule has 0 aliphatic carbocycles. The number of hydrogen-bond donors (Lipinski definition) is 0. The summed E-state index contributed by atoms with van der Waals surface area (Å²) in [6.07, 6.45) is 0. The molecule has 3 heterocycles. The quantitative estimate of drug-likeness (QED) is 0.210. The van der Waals surface area contributed by atoms with Crippen molar-refractivity contribution in [2.24, 2.45) is 0 Å². The van der Waals surface area contributed by atoms with Crippen molar-refractivity contribution in [3.8, 4) is 23.5 Å². The van der Waals surface area contributed by atoms with Crippen LogP contribution in [0.2, 0.25) is 0 Å². The Morgan fingerprint density at radius 1 is 0.465 bits per heavy atom. The van der Waals surface area contributed by atoms with Gasteiger partial charge in [-0.15, -0.1) is 11.3 Å². The van der Waals surface area contributed by atoms with E-state index in [-0.39, 0.29) is 0 Å². The van der Waals surface area contributed by atoms with Gasteiger partial charge in [0.1, 0.15) is 12.1 Å². The summed E-state index contributed by atoms with van der Waals surface area (Å²) >= 11 is 1.81. The Labute approximate surface area is 250 Å². The van der Waals surface area contributed by atoms with Crippen LogP contribution in [0.25, 0.3) is 75.2 Å². The Hall–Kier alpha value is -5.88. The summed E-state index contributed by atoms with van der Waals surface area (Å²) in [5.74, 6) is 0. The molecule has 0 saturated heterocycles.